The summed E-state index contributed by atoms with van der Waals surface area (Å²) in [4.78, 5) is 11.8. The van der Waals surface area contributed by atoms with Crippen molar-refractivity contribution in [2.75, 3.05) is 0 Å². The van der Waals surface area contributed by atoms with Gasteiger partial charge in [0.15, 0.2) is 0 Å². The first-order chi connectivity index (χ1) is 11.8. The average Bonchev–Trinajstić information content (AvgIpc) is 3.06. The predicted molar refractivity (Wildman–Crippen MR) is 92.8 cm³/mol. The van der Waals surface area contributed by atoms with Crippen molar-refractivity contribution in [2.45, 2.75) is 30.4 Å². The Hall–Kier alpha value is -1.89. The molecule has 2 atom stereocenters. The quantitative estimate of drug-likeness (QED) is 0.830. The topological polar surface area (TPSA) is 72.5 Å². The van der Waals surface area contributed by atoms with Crippen molar-refractivity contribution >= 4 is 27.6 Å². The summed E-state index contributed by atoms with van der Waals surface area (Å²) in [5, 5.41) is 0.604. The van der Waals surface area contributed by atoms with Crippen LogP contribution in [0.2, 0.25) is 5.02 Å². The Balaban J connectivity index is 1.68. The molecule has 5 nitrogen and oxygen atoms in total. The molecule has 0 saturated heterocycles. The molecule has 2 aromatic rings. The van der Waals surface area contributed by atoms with E-state index in [0.29, 0.717) is 22.6 Å². The van der Waals surface area contributed by atoms with Crippen molar-refractivity contribution in [1.29, 1.82) is 0 Å². The van der Waals surface area contributed by atoms with E-state index in [4.69, 9.17) is 16.3 Å². The zero-order chi connectivity index (χ0) is 17.8. The second-order valence-corrected chi connectivity index (χ2v) is 8.70. The summed E-state index contributed by atoms with van der Waals surface area (Å²) < 4.78 is 33.5. The summed E-state index contributed by atoms with van der Waals surface area (Å²) in [5.74, 6) is -0.318. The molecule has 7 heteroatoms. The minimum absolute atomic E-state index is 0.0672. The van der Waals surface area contributed by atoms with Crippen molar-refractivity contribution < 1.29 is 17.9 Å². The molecular weight excluding hydrogens is 362 g/mol. The first kappa shape index (κ1) is 16.6. The number of cyclic esters (lactones) is 1. The molecule has 1 aliphatic heterocycles. The van der Waals surface area contributed by atoms with Gasteiger partial charge in [0.05, 0.1) is 16.0 Å². The van der Waals surface area contributed by atoms with Gasteiger partial charge in [-0.05, 0) is 42.2 Å². The zero-order valence-corrected chi connectivity index (χ0v) is 15.0. The molecule has 0 amide bonds. The van der Waals surface area contributed by atoms with Crippen molar-refractivity contribution in [3.05, 3.63) is 64.2 Å². The predicted octanol–water partition coefficient (Wildman–Crippen LogP) is 3.22. The van der Waals surface area contributed by atoms with Crippen molar-refractivity contribution in [1.82, 2.24) is 4.72 Å². The lowest BCUT2D eigenvalue weighted by molar-refractivity contribution is 0.0535. The molecule has 1 fully saturated rings. The highest BCUT2D eigenvalue weighted by Crippen LogP contribution is 2.52. The standard InChI is InChI=1S/C18H16ClNO4S/c1-11-9-18(11,13-3-5-14(19)6-4-13)20-25(22,23)15-7-2-12-10-24-17(21)16(12)8-15/h2-8,11,20H,9-10H2,1H3. The number of fused-ring (bicyclic) bond motifs is 1. The molecule has 2 aromatic carbocycles. The van der Waals surface area contributed by atoms with Crippen LogP contribution in [0.25, 0.3) is 0 Å². The van der Waals surface area contributed by atoms with Crippen LogP contribution in [0.4, 0.5) is 0 Å². The van der Waals surface area contributed by atoms with Gasteiger partial charge in [0.25, 0.3) is 0 Å². The Kier molecular flexibility index (Phi) is 3.68. The summed E-state index contributed by atoms with van der Waals surface area (Å²) in [7, 11) is -3.78. The summed E-state index contributed by atoms with van der Waals surface area (Å²) in [5.41, 5.74) is 1.26. The van der Waals surface area contributed by atoms with Crippen LogP contribution in [0.3, 0.4) is 0 Å². The van der Waals surface area contributed by atoms with Crippen LogP contribution in [-0.4, -0.2) is 14.4 Å². The van der Waals surface area contributed by atoms with Crippen LogP contribution in [0.15, 0.2) is 47.4 Å². The Labute approximate surface area is 151 Å². The van der Waals surface area contributed by atoms with E-state index in [9.17, 15) is 13.2 Å². The van der Waals surface area contributed by atoms with Gasteiger partial charge in [0.2, 0.25) is 10.0 Å². The highest BCUT2D eigenvalue weighted by molar-refractivity contribution is 7.89. The number of sulfonamides is 1. The molecule has 2 unspecified atom stereocenters. The molecule has 1 heterocycles. The molecule has 1 aliphatic carbocycles. The van der Waals surface area contributed by atoms with E-state index in [1.807, 2.05) is 19.1 Å². The van der Waals surface area contributed by atoms with Gasteiger partial charge in [-0.15, -0.1) is 0 Å². The van der Waals surface area contributed by atoms with Gasteiger partial charge in [-0.25, -0.2) is 17.9 Å². The van der Waals surface area contributed by atoms with Crippen LogP contribution < -0.4 is 4.72 Å². The Morgan fingerprint density at radius 3 is 2.52 bits per heavy atom. The number of hydrogen-bond donors (Lipinski definition) is 1. The van der Waals surface area contributed by atoms with Gasteiger partial charge in [-0.1, -0.05) is 36.7 Å². The van der Waals surface area contributed by atoms with E-state index in [-0.39, 0.29) is 17.4 Å². The molecule has 0 radical (unpaired) electrons. The molecule has 0 spiro atoms. The van der Waals surface area contributed by atoms with Gasteiger partial charge in [-0.2, -0.15) is 0 Å². The summed E-state index contributed by atoms with van der Waals surface area (Å²) in [6.07, 6.45) is 0.709. The maximum atomic E-state index is 12.9. The molecule has 2 aliphatic rings. The monoisotopic (exact) mass is 377 g/mol. The largest absolute Gasteiger partial charge is 0.457 e. The fourth-order valence-electron chi connectivity index (χ4n) is 3.33. The fraction of sp³-hybridized carbons (Fsp3) is 0.278. The maximum Gasteiger partial charge on any atom is 0.338 e. The SMILES string of the molecule is CC1CC1(NS(=O)(=O)c1ccc2c(c1)C(=O)OC2)c1ccc(Cl)cc1. The summed E-state index contributed by atoms with van der Waals surface area (Å²) in [6, 6.07) is 11.7. The summed E-state index contributed by atoms with van der Waals surface area (Å²) >= 11 is 5.93. The maximum absolute atomic E-state index is 12.9. The molecule has 0 bridgehead atoms. The minimum atomic E-state index is -3.78. The van der Waals surface area contributed by atoms with Gasteiger partial charge >= 0.3 is 5.97 Å². The lowest BCUT2D eigenvalue weighted by atomic mass is 10.0. The highest BCUT2D eigenvalue weighted by atomic mass is 35.5. The van der Waals surface area contributed by atoms with Crippen molar-refractivity contribution in [3.8, 4) is 0 Å². The van der Waals surface area contributed by atoms with Crippen LogP contribution in [0.1, 0.15) is 34.8 Å². The van der Waals surface area contributed by atoms with E-state index in [2.05, 4.69) is 4.72 Å². The molecule has 25 heavy (non-hydrogen) atoms. The first-order valence-corrected chi connectivity index (χ1v) is 9.78. The third-order valence-corrected chi connectivity index (χ3v) is 6.71. The fourth-order valence-corrected chi connectivity index (χ4v) is 4.98. The first-order valence-electron chi connectivity index (χ1n) is 7.92. The van der Waals surface area contributed by atoms with Crippen LogP contribution in [-0.2, 0) is 26.9 Å². The van der Waals surface area contributed by atoms with Gasteiger partial charge in [0, 0.05) is 10.6 Å². The number of hydrogen-bond acceptors (Lipinski definition) is 4. The van der Waals surface area contributed by atoms with Crippen LogP contribution in [0.5, 0.6) is 0 Å². The number of rotatable bonds is 4. The van der Waals surface area contributed by atoms with Crippen LogP contribution >= 0.6 is 11.6 Å². The third-order valence-electron chi connectivity index (χ3n) is 4.96. The lowest BCUT2D eigenvalue weighted by Crippen LogP contribution is -2.36. The van der Waals surface area contributed by atoms with Crippen LogP contribution in [0, 0.1) is 5.92 Å². The number of halogens is 1. The molecule has 4 rings (SSSR count). The average molecular weight is 378 g/mol. The van der Waals surface area contributed by atoms with Gasteiger partial charge < -0.3 is 4.74 Å². The lowest BCUT2D eigenvalue weighted by Gasteiger charge is -2.20. The number of ether oxygens (including phenoxy) is 1. The smallest absolute Gasteiger partial charge is 0.338 e. The Bertz CT molecular complexity index is 971. The van der Waals surface area contributed by atoms with Gasteiger partial charge in [0.1, 0.15) is 6.61 Å². The summed E-state index contributed by atoms with van der Waals surface area (Å²) in [6.45, 7) is 2.19. The number of carbonyl (C=O) groups excluding carboxylic acids is 1. The Morgan fingerprint density at radius 1 is 1.20 bits per heavy atom. The molecule has 130 valence electrons. The van der Waals surface area contributed by atoms with E-state index in [0.717, 1.165) is 5.56 Å². The number of benzene rings is 2. The van der Waals surface area contributed by atoms with E-state index < -0.39 is 21.5 Å². The highest BCUT2D eigenvalue weighted by Gasteiger charge is 2.55. The number of carbonyl (C=O) groups is 1. The molecule has 0 aromatic heterocycles. The number of esters is 1. The van der Waals surface area contributed by atoms with E-state index in [1.54, 1.807) is 18.2 Å². The minimum Gasteiger partial charge on any atom is -0.457 e. The number of nitrogens with one attached hydrogen (secondary N) is 1. The third kappa shape index (κ3) is 2.74. The molecule has 1 N–H and O–H groups in total. The van der Waals surface area contributed by atoms with Crippen molar-refractivity contribution in [2.24, 2.45) is 5.92 Å². The second-order valence-electron chi connectivity index (χ2n) is 6.58. The molecule has 1 saturated carbocycles. The van der Waals surface area contributed by atoms with Gasteiger partial charge in [-0.3, -0.25) is 0 Å². The van der Waals surface area contributed by atoms with E-state index in [1.165, 1.54) is 12.1 Å². The molecular formula is C18H16ClNO4S. The van der Waals surface area contributed by atoms with E-state index >= 15 is 0 Å². The normalized spacial score (nSPS) is 24.7. The second kappa shape index (κ2) is 5.56. The zero-order valence-electron chi connectivity index (χ0n) is 13.5. The van der Waals surface area contributed by atoms with Crippen molar-refractivity contribution in [3.63, 3.8) is 0 Å². The Morgan fingerprint density at radius 2 is 1.88 bits per heavy atom.